The van der Waals surface area contributed by atoms with E-state index < -0.39 is 5.41 Å². The molecule has 0 spiro atoms. The lowest BCUT2D eigenvalue weighted by Gasteiger charge is -2.38. The predicted molar refractivity (Wildman–Crippen MR) is 65.0 cm³/mol. The first kappa shape index (κ1) is 11.9. The minimum Gasteiger partial charge on any atom is -0.497 e. The largest absolute Gasteiger partial charge is 0.497 e. The molecule has 0 atom stereocenters. The van der Waals surface area contributed by atoms with Crippen LogP contribution in [-0.2, 0) is 4.79 Å². The molecule has 17 heavy (non-hydrogen) atoms. The molecule has 92 valence electrons. The average Bonchev–Trinajstić information content (AvgIpc) is 2.29. The van der Waals surface area contributed by atoms with Crippen molar-refractivity contribution in [1.82, 2.24) is 0 Å². The van der Waals surface area contributed by atoms with Crippen LogP contribution in [0.5, 0.6) is 5.75 Å². The van der Waals surface area contributed by atoms with Crippen LogP contribution in [0, 0.1) is 5.41 Å². The summed E-state index contributed by atoms with van der Waals surface area (Å²) < 4.78 is 5.04. The highest BCUT2D eigenvalue weighted by Gasteiger charge is 2.43. The molecule has 0 radical (unpaired) electrons. The number of methoxy groups -OCH3 is 1. The molecule has 0 heterocycles. The van der Waals surface area contributed by atoms with Crippen LogP contribution in [0.4, 0.5) is 5.69 Å². The van der Waals surface area contributed by atoms with Crippen molar-refractivity contribution in [2.45, 2.75) is 19.3 Å². The summed E-state index contributed by atoms with van der Waals surface area (Å²) in [5, 5.41) is 12.1. The molecule has 0 unspecified atom stereocenters. The molecule has 2 N–H and O–H groups in total. The first-order chi connectivity index (χ1) is 8.20. The molecule has 1 amide bonds. The van der Waals surface area contributed by atoms with Gasteiger partial charge in [0.05, 0.1) is 19.1 Å². The van der Waals surface area contributed by atoms with E-state index in [1.54, 1.807) is 31.4 Å². The van der Waals surface area contributed by atoms with E-state index >= 15 is 0 Å². The summed E-state index contributed by atoms with van der Waals surface area (Å²) in [6.07, 6.45) is 2.55. The van der Waals surface area contributed by atoms with Gasteiger partial charge in [0, 0.05) is 5.69 Å². The second-order valence-electron chi connectivity index (χ2n) is 4.47. The number of anilines is 1. The predicted octanol–water partition coefficient (Wildman–Crippen LogP) is 1.80. The van der Waals surface area contributed by atoms with Crippen molar-refractivity contribution < 1.29 is 14.6 Å². The number of carbonyl (C=O) groups excluding carboxylic acids is 1. The molecular formula is C13H17NO3. The van der Waals surface area contributed by atoms with E-state index in [0.717, 1.165) is 30.7 Å². The lowest BCUT2D eigenvalue weighted by atomic mass is 9.68. The molecule has 1 aromatic rings. The molecule has 1 aromatic carbocycles. The van der Waals surface area contributed by atoms with Gasteiger partial charge < -0.3 is 15.2 Å². The molecule has 4 heteroatoms. The summed E-state index contributed by atoms with van der Waals surface area (Å²) in [4.78, 5) is 12.0. The summed E-state index contributed by atoms with van der Waals surface area (Å²) in [6, 6.07) is 7.17. The van der Waals surface area contributed by atoms with Gasteiger partial charge in [-0.1, -0.05) is 6.42 Å². The Kier molecular flexibility index (Phi) is 3.33. The van der Waals surface area contributed by atoms with E-state index in [4.69, 9.17) is 4.74 Å². The molecule has 1 aliphatic carbocycles. The highest BCUT2D eigenvalue weighted by atomic mass is 16.5. The number of aliphatic hydroxyl groups is 1. The van der Waals surface area contributed by atoms with Crippen LogP contribution in [0.25, 0.3) is 0 Å². The van der Waals surface area contributed by atoms with Gasteiger partial charge in [0.2, 0.25) is 5.91 Å². The van der Waals surface area contributed by atoms with Crippen LogP contribution in [0.15, 0.2) is 24.3 Å². The Hall–Kier alpha value is -1.55. The molecule has 1 saturated carbocycles. The summed E-state index contributed by atoms with van der Waals surface area (Å²) >= 11 is 0. The van der Waals surface area contributed by atoms with E-state index in [0.29, 0.717) is 0 Å². The number of amides is 1. The van der Waals surface area contributed by atoms with Crippen molar-refractivity contribution in [1.29, 1.82) is 0 Å². The van der Waals surface area contributed by atoms with Gasteiger partial charge in [-0.15, -0.1) is 0 Å². The smallest absolute Gasteiger partial charge is 0.232 e. The van der Waals surface area contributed by atoms with Crippen LogP contribution in [0.2, 0.25) is 0 Å². The topological polar surface area (TPSA) is 58.6 Å². The molecule has 0 aromatic heterocycles. The maximum Gasteiger partial charge on any atom is 0.232 e. The van der Waals surface area contributed by atoms with Gasteiger partial charge >= 0.3 is 0 Å². The number of carbonyl (C=O) groups is 1. The van der Waals surface area contributed by atoms with Crippen molar-refractivity contribution in [3.63, 3.8) is 0 Å². The Morgan fingerprint density at radius 1 is 1.41 bits per heavy atom. The zero-order chi connectivity index (χ0) is 12.3. The van der Waals surface area contributed by atoms with Crippen molar-refractivity contribution in [3.8, 4) is 5.75 Å². The fourth-order valence-electron chi connectivity index (χ4n) is 2.00. The second kappa shape index (κ2) is 4.75. The van der Waals surface area contributed by atoms with Crippen LogP contribution < -0.4 is 10.1 Å². The standard InChI is InChI=1S/C13H17NO3/c1-17-11-5-3-10(4-6-11)14-12(16)13(9-15)7-2-8-13/h3-6,15H,2,7-9H2,1H3,(H,14,16). The van der Waals surface area contributed by atoms with Crippen molar-refractivity contribution >= 4 is 11.6 Å². The normalized spacial score (nSPS) is 17.1. The van der Waals surface area contributed by atoms with Gasteiger partial charge in [-0.25, -0.2) is 0 Å². The third kappa shape index (κ3) is 2.26. The fraction of sp³-hybridized carbons (Fsp3) is 0.462. The third-order valence-electron chi connectivity index (χ3n) is 3.44. The number of hydrogen-bond donors (Lipinski definition) is 2. The number of rotatable bonds is 4. The number of aliphatic hydroxyl groups excluding tert-OH is 1. The Bertz CT molecular complexity index is 390. The Morgan fingerprint density at radius 2 is 2.06 bits per heavy atom. The summed E-state index contributed by atoms with van der Waals surface area (Å²) in [7, 11) is 1.60. The number of ether oxygens (including phenoxy) is 1. The lowest BCUT2D eigenvalue weighted by Crippen LogP contribution is -2.44. The lowest BCUT2D eigenvalue weighted by molar-refractivity contribution is -0.133. The van der Waals surface area contributed by atoms with Crippen LogP contribution >= 0.6 is 0 Å². The molecule has 0 saturated heterocycles. The Balaban J connectivity index is 2.02. The van der Waals surface area contributed by atoms with Gasteiger partial charge in [0.25, 0.3) is 0 Å². The van der Waals surface area contributed by atoms with E-state index in [-0.39, 0.29) is 12.5 Å². The van der Waals surface area contributed by atoms with Crippen molar-refractivity contribution in [2.75, 3.05) is 19.0 Å². The highest BCUT2D eigenvalue weighted by Crippen LogP contribution is 2.41. The number of hydrogen-bond acceptors (Lipinski definition) is 3. The zero-order valence-corrected chi connectivity index (χ0v) is 9.90. The second-order valence-corrected chi connectivity index (χ2v) is 4.47. The number of benzene rings is 1. The molecule has 4 nitrogen and oxygen atoms in total. The third-order valence-corrected chi connectivity index (χ3v) is 3.44. The highest BCUT2D eigenvalue weighted by molar-refractivity contribution is 5.96. The zero-order valence-electron chi connectivity index (χ0n) is 9.90. The van der Waals surface area contributed by atoms with Crippen molar-refractivity contribution in [3.05, 3.63) is 24.3 Å². The molecular weight excluding hydrogens is 218 g/mol. The van der Waals surface area contributed by atoms with Gasteiger partial charge in [0.15, 0.2) is 0 Å². The van der Waals surface area contributed by atoms with E-state index in [1.165, 1.54) is 0 Å². The van der Waals surface area contributed by atoms with Gasteiger partial charge in [-0.2, -0.15) is 0 Å². The molecule has 1 fully saturated rings. The summed E-state index contributed by atoms with van der Waals surface area (Å²) in [5.74, 6) is 0.667. The van der Waals surface area contributed by atoms with Crippen LogP contribution in [0.1, 0.15) is 19.3 Å². The molecule has 0 bridgehead atoms. The minimum atomic E-state index is -0.556. The SMILES string of the molecule is COc1ccc(NC(=O)C2(CO)CCC2)cc1. The van der Waals surface area contributed by atoms with Gasteiger partial charge in [-0.05, 0) is 37.1 Å². The first-order valence-electron chi connectivity index (χ1n) is 5.76. The minimum absolute atomic E-state index is 0.0744. The molecule has 0 aliphatic heterocycles. The Morgan fingerprint density at radius 3 is 2.47 bits per heavy atom. The van der Waals surface area contributed by atoms with Gasteiger partial charge in [0.1, 0.15) is 5.75 Å². The molecule has 1 aliphatic rings. The molecule has 2 rings (SSSR count). The van der Waals surface area contributed by atoms with Gasteiger partial charge in [-0.3, -0.25) is 4.79 Å². The average molecular weight is 235 g/mol. The maximum atomic E-state index is 12.0. The first-order valence-corrected chi connectivity index (χ1v) is 5.76. The van der Waals surface area contributed by atoms with Crippen molar-refractivity contribution in [2.24, 2.45) is 5.41 Å². The summed E-state index contributed by atoms with van der Waals surface area (Å²) in [6.45, 7) is -0.0744. The monoisotopic (exact) mass is 235 g/mol. The van der Waals surface area contributed by atoms with E-state index in [2.05, 4.69) is 5.32 Å². The summed E-state index contributed by atoms with van der Waals surface area (Å²) in [5.41, 5.74) is 0.176. The van der Waals surface area contributed by atoms with Crippen LogP contribution in [0.3, 0.4) is 0 Å². The number of nitrogens with one attached hydrogen (secondary N) is 1. The van der Waals surface area contributed by atoms with Crippen LogP contribution in [-0.4, -0.2) is 24.7 Å². The van der Waals surface area contributed by atoms with E-state index in [9.17, 15) is 9.90 Å². The fourth-order valence-corrected chi connectivity index (χ4v) is 2.00. The maximum absolute atomic E-state index is 12.0. The quantitative estimate of drug-likeness (QED) is 0.836. The Labute approximate surface area is 101 Å². The van der Waals surface area contributed by atoms with E-state index in [1.807, 2.05) is 0 Å².